The maximum absolute atomic E-state index is 12.8. The number of piperidine rings is 1. The lowest BCUT2D eigenvalue weighted by Gasteiger charge is -2.34. The maximum atomic E-state index is 12.8. The summed E-state index contributed by atoms with van der Waals surface area (Å²) >= 11 is 0. The van der Waals surface area contributed by atoms with E-state index >= 15 is 0 Å². The molecule has 1 aliphatic rings. The number of carbonyl (C=O) groups excluding carboxylic acids is 1. The molecule has 2 N–H and O–H groups in total. The summed E-state index contributed by atoms with van der Waals surface area (Å²) in [4.78, 5) is 23.7. The summed E-state index contributed by atoms with van der Waals surface area (Å²) in [5.41, 5.74) is 5.53. The van der Waals surface area contributed by atoms with Crippen LogP contribution in [0.4, 0.5) is 11.4 Å². The van der Waals surface area contributed by atoms with Crippen molar-refractivity contribution in [3.05, 3.63) is 54.6 Å². The lowest BCUT2D eigenvalue weighted by Crippen LogP contribution is -2.35. The Morgan fingerprint density at radius 2 is 2.11 bits per heavy atom. The zero-order chi connectivity index (χ0) is 25.1. The molecule has 4 aromatic rings. The van der Waals surface area contributed by atoms with Crippen LogP contribution in [0.1, 0.15) is 29.0 Å². The summed E-state index contributed by atoms with van der Waals surface area (Å²) < 4.78 is 12.2. The Hall–Kier alpha value is -3.76. The Morgan fingerprint density at radius 3 is 2.83 bits per heavy atom. The van der Waals surface area contributed by atoms with Crippen LogP contribution in [0, 0.1) is 12.8 Å². The second-order valence-corrected chi connectivity index (χ2v) is 9.05. The fourth-order valence-electron chi connectivity index (χ4n) is 4.81. The van der Waals surface area contributed by atoms with Gasteiger partial charge in [-0.3, -0.25) is 14.5 Å². The molecular formula is C26H30N6O4. The third kappa shape index (κ3) is 4.69. The number of fused-ring (bicyclic) bond motifs is 1. The number of anilines is 2. The Balaban J connectivity index is 1.62. The van der Waals surface area contributed by atoms with Crippen LogP contribution in [0.25, 0.3) is 22.0 Å². The highest BCUT2D eigenvalue weighted by molar-refractivity contribution is 6.06. The minimum Gasteiger partial charge on any atom is -0.451 e. The molecule has 10 heteroatoms. The number of nitrogens with zero attached hydrogens (tertiary/aromatic N) is 5. The molecule has 5 rings (SSSR count). The van der Waals surface area contributed by atoms with E-state index in [9.17, 15) is 9.90 Å². The summed E-state index contributed by atoms with van der Waals surface area (Å²) in [6.45, 7) is 5.02. The molecule has 1 amide bonds. The number of ether oxygens (including phenoxy) is 1. The van der Waals surface area contributed by atoms with Crippen LogP contribution in [0.15, 0.2) is 47.7 Å². The number of rotatable bonds is 8. The van der Waals surface area contributed by atoms with Gasteiger partial charge < -0.3 is 24.5 Å². The molecule has 0 aliphatic carbocycles. The molecule has 0 atom stereocenters. The van der Waals surface area contributed by atoms with Gasteiger partial charge in [-0.1, -0.05) is 0 Å². The summed E-state index contributed by atoms with van der Waals surface area (Å²) in [6, 6.07) is 6.09. The number of hydrogen-bond acceptors (Lipinski definition) is 8. The van der Waals surface area contributed by atoms with E-state index in [4.69, 9.17) is 9.15 Å². The fourth-order valence-corrected chi connectivity index (χ4v) is 4.81. The number of aliphatic hydroxyl groups excluding tert-OH is 1. The molecule has 1 aromatic carbocycles. The number of hydrogen-bond donors (Lipinski definition) is 2. The van der Waals surface area contributed by atoms with Crippen LogP contribution in [0.2, 0.25) is 0 Å². The second-order valence-electron chi connectivity index (χ2n) is 9.05. The molecule has 1 saturated heterocycles. The molecule has 0 bridgehead atoms. The topological polar surface area (TPSA) is 119 Å². The minimum atomic E-state index is -0.352. The monoisotopic (exact) mass is 490 g/mol. The van der Waals surface area contributed by atoms with E-state index in [1.165, 1.54) is 12.7 Å². The average molecular weight is 491 g/mol. The highest BCUT2D eigenvalue weighted by Gasteiger charge is 2.25. The van der Waals surface area contributed by atoms with Gasteiger partial charge in [0.2, 0.25) is 0 Å². The number of amides is 1. The van der Waals surface area contributed by atoms with E-state index in [0.29, 0.717) is 24.8 Å². The van der Waals surface area contributed by atoms with Gasteiger partial charge in [-0.15, -0.1) is 0 Å². The number of aromatic nitrogens is 4. The van der Waals surface area contributed by atoms with E-state index in [1.54, 1.807) is 19.4 Å². The van der Waals surface area contributed by atoms with Gasteiger partial charge in [0.05, 0.1) is 30.6 Å². The third-order valence-electron chi connectivity index (χ3n) is 6.80. The van der Waals surface area contributed by atoms with Gasteiger partial charge in [-0.05, 0) is 43.9 Å². The number of methoxy groups -OCH3 is 1. The number of nitrogens with one attached hydrogen (secondary N) is 1. The summed E-state index contributed by atoms with van der Waals surface area (Å²) in [6.07, 6.45) is 7.93. The van der Waals surface area contributed by atoms with Crippen molar-refractivity contribution in [3.8, 4) is 11.1 Å². The molecule has 36 heavy (non-hydrogen) atoms. The van der Waals surface area contributed by atoms with Gasteiger partial charge in [0.25, 0.3) is 5.91 Å². The van der Waals surface area contributed by atoms with Crippen molar-refractivity contribution in [2.24, 2.45) is 5.92 Å². The van der Waals surface area contributed by atoms with E-state index in [-0.39, 0.29) is 18.2 Å². The second kappa shape index (κ2) is 10.5. The standard InChI is InChI=1S/C26H30N6O4/c1-17-25(21(3-6-27-17)30-26(34)22-15-36-16-28-22)20-11-19-13-29-32(9-10-35-2)23(19)12-24(20)31-7-4-18(14-33)5-8-31/h3,6,11-13,15-16,18,33H,4-5,7-10,14H2,1-2H3,(H,27,30,34). The molecule has 0 saturated carbocycles. The zero-order valence-electron chi connectivity index (χ0n) is 20.5. The largest absolute Gasteiger partial charge is 0.451 e. The first-order valence-electron chi connectivity index (χ1n) is 12.1. The van der Waals surface area contributed by atoms with Gasteiger partial charge in [-0.25, -0.2) is 4.98 Å². The third-order valence-corrected chi connectivity index (χ3v) is 6.80. The molecule has 3 aromatic heterocycles. The quantitative estimate of drug-likeness (QED) is 0.385. The molecule has 0 radical (unpaired) electrons. The van der Waals surface area contributed by atoms with Crippen molar-refractivity contribution in [3.63, 3.8) is 0 Å². The Labute approximate surface area is 208 Å². The molecule has 10 nitrogen and oxygen atoms in total. The van der Waals surface area contributed by atoms with Crippen LogP contribution in [-0.2, 0) is 11.3 Å². The van der Waals surface area contributed by atoms with Crippen molar-refractivity contribution in [1.82, 2.24) is 19.7 Å². The molecule has 1 aliphatic heterocycles. The first-order chi connectivity index (χ1) is 17.6. The van der Waals surface area contributed by atoms with Gasteiger partial charge in [0, 0.05) is 60.9 Å². The molecule has 0 unspecified atom stereocenters. The molecule has 0 spiro atoms. The number of oxazole rings is 1. The molecule has 1 fully saturated rings. The van der Waals surface area contributed by atoms with Gasteiger partial charge in [0.15, 0.2) is 12.1 Å². The van der Waals surface area contributed by atoms with Crippen molar-refractivity contribution in [2.45, 2.75) is 26.3 Å². The van der Waals surface area contributed by atoms with E-state index in [0.717, 1.165) is 59.3 Å². The van der Waals surface area contributed by atoms with E-state index in [2.05, 4.69) is 37.4 Å². The number of carbonyl (C=O) groups is 1. The average Bonchev–Trinajstić information content (AvgIpc) is 3.57. The van der Waals surface area contributed by atoms with Crippen LogP contribution >= 0.6 is 0 Å². The minimum absolute atomic E-state index is 0.205. The Kier molecular flexibility index (Phi) is 6.97. The van der Waals surface area contributed by atoms with Gasteiger partial charge in [0.1, 0.15) is 6.26 Å². The maximum Gasteiger partial charge on any atom is 0.277 e. The highest BCUT2D eigenvalue weighted by atomic mass is 16.5. The van der Waals surface area contributed by atoms with Gasteiger partial charge in [-0.2, -0.15) is 5.10 Å². The van der Waals surface area contributed by atoms with Crippen molar-refractivity contribution < 1.29 is 19.1 Å². The number of benzene rings is 1. The lowest BCUT2D eigenvalue weighted by atomic mass is 9.94. The van der Waals surface area contributed by atoms with E-state index < -0.39 is 0 Å². The predicted octanol–water partition coefficient (Wildman–Crippen LogP) is 3.50. The summed E-state index contributed by atoms with van der Waals surface area (Å²) in [5.74, 6) is -0.0347. The first-order valence-corrected chi connectivity index (χ1v) is 12.1. The van der Waals surface area contributed by atoms with Crippen molar-refractivity contribution in [1.29, 1.82) is 0 Å². The predicted molar refractivity (Wildman–Crippen MR) is 136 cm³/mol. The zero-order valence-corrected chi connectivity index (χ0v) is 20.5. The number of aliphatic hydroxyl groups is 1. The molecular weight excluding hydrogens is 460 g/mol. The van der Waals surface area contributed by atoms with Crippen LogP contribution in [0.3, 0.4) is 0 Å². The smallest absolute Gasteiger partial charge is 0.277 e. The summed E-state index contributed by atoms with van der Waals surface area (Å²) in [5, 5.41) is 18.2. The van der Waals surface area contributed by atoms with Crippen LogP contribution < -0.4 is 10.2 Å². The lowest BCUT2D eigenvalue weighted by molar-refractivity contribution is 0.102. The summed E-state index contributed by atoms with van der Waals surface area (Å²) in [7, 11) is 1.68. The van der Waals surface area contributed by atoms with Crippen LogP contribution in [-0.4, -0.2) is 64.2 Å². The molecule has 4 heterocycles. The van der Waals surface area contributed by atoms with E-state index in [1.807, 2.05) is 17.8 Å². The van der Waals surface area contributed by atoms with Crippen molar-refractivity contribution >= 4 is 28.2 Å². The molecule has 188 valence electrons. The SMILES string of the molecule is COCCn1ncc2cc(-c3c(NC(=O)c4cocn4)ccnc3C)c(N3CCC(CO)CC3)cc21. The fraction of sp³-hybridized carbons (Fsp3) is 0.385. The number of pyridine rings is 1. The normalized spacial score (nSPS) is 14.5. The number of aryl methyl sites for hydroxylation is 1. The Bertz CT molecular complexity index is 1340. The highest BCUT2D eigenvalue weighted by Crippen LogP contribution is 2.41. The first kappa shape index (κ1) is 24.0. The Morgan fingerprint density at radius 1 is 1.28 bits per heavy atom. The van der Waals surface area contributed by atoms with Crippen LogP contribution in [0.5, 0.6) is 0 Å². The van der Waals surface area contributed by atoms with Crippen molar-refractivity contribution in [2.75, 3.05) is 43.6 Å². The van der Waals surface area contributed by atoms with Gasteiger partial charge >= 0.3 is 0 Å².